The Hall–Kier alpha value is -1.61. The number of methoxy groups -OCH3 is 5. The van der Waals surface area contributed by atoms with E-state index in [9.17, 15) is 14.4 Å². The van der Waals surface area contributed by atoms with Gasteiger partial charge in [0.05, 0.1) is 31.0 Å². The maximum atomic E-state index is 12.4. The highest BCUT2D eigenvalue weighted by Crippen LogP contribution is 2.16. The fourth-order valence-corrected chi connectivity index (χ4v) is 3.72. The first-order valence-electron chi connectivity index (χ1n) is 9.72. The lowest BCUT2D eigenvalue weighted by atomic mass is 10.2. The van der Waals surface area contributed by atoms with Crippen LogP contribution in [-0.2, 0) is 49.4 Å². The smallest absolute Gasteiger partial charge is 0.365 e. The minimum absolute atomic E-state index is 0.0426. The normalized spacial score (nSPS) is 12.2. The van der Waals surface area contributed by atoms with Crippen molar-refractivity contribution in [2.45, 2.75) is 24.2 Å². The molecule has 1 rings (SSSR count). The van der Waals surface area contributed by atoms with Gasteiger partial charge in [-0.2, -0.15) is 0 Å². The lowest BCUT2D eigenvalue weighted by Crippen LogP contribution is -2.56. The number of alkyl halides is 2. The second-order valence-electron chi connectivity index (χ2n) is 6.44. The summed E-state index contributed by atoms with van der Waals surface area (Å²) in [5.41, 5.74) is 0.955. The van der Waals surface area contributed by atoms with Gasteiger partial charge in [0.2, 0.25) is 0 Å². The summed E-state index contributed by atoms with van der Waals surface area (Å²) in [5, 5.41) is 11.3. The lowest BCUT2D eigenvalue weighted by Gasteiger charge is -2.29. The van der Waals surface area contributed by atoms with Crippen LogP contribution >= 0.6 is 31.9 Å². The predicted octanol–water partition coefficient (Wildman–Crippen LogP) is 1.70. The summed E-state index contributed by atoms with van der Waals surface area (Å²) in [4.78, 5) is 34.7. The van der Waals surface area contributed by atoms with E-state index < -0.39 is 35.5 Å². The highest BCUT2D eigenvalue weighted by molar-refractivity contribution is 9.09. The average Bonchev–Trinajstić information content (AvgIpc) is 2.86. The Morgan fingerprint density at radius 2 is 1.41 bits per heavy atom. The Morgan fingerprint density at radius 1 is 0.912 bits per heavy atom. The van der Waals surface area contributed by atoms with E-state index in [0.717, 1.165) is 5.56 Å². The molecule has 1 aromatic carbocycles. The van der Waals surface area contributed by atoms with Gasteiger partial charge in [-0.3, -0.25) is 4.79 Å². The fraction of sp³-hybridized carbons (Fsp3) is 0.571. The molecule has 194 valence electrons. The number of hydrogen-bond acceptors (Lipinski definition) is 9. The van der Waals surface area contributed by atoms with E-state index in [1.54, 1.807) is 0 Å². The van der Waals surface area contributed by atoms with Crippen molar-refractivity contribution in [3.63, 3.8) is 0 Å². The number of esters is 1. The van der Waals surface area contributed by atoms with E-state index in [0.29, 0.717) is 6.61 Å². The third-order valence-electron chi connectivity index (χ3n) is 4.53. The van der Waals surface area contributed by atoms with Crippen molar-refractivity contribution in [2.75, 3.05) is 52.8 Å². The van der Waals surface area contributed by atoms with E-state index in [2.05, 4.69) is 46.7 Å². The molecule has 0 saturated heterocycles. The van der Waals surface area contributed by atoms with Crippen molar-refractivity contribution in [3.05, 3.63) is 35.9 Å². The maximum Gasteiger partial charge on any atom is 0.365 e. The Kier molecular flexibility index (Phi) is 16.1. The van der Waals surface area contributed by atoms with Crippen LogP contribution < -0.4 is 5.32 Å². The van der Waals surface area contributed by atoms with Gasteiger partial charge >= 0.3 is 11.9 Å². The minimum atomic E-state index is -1.54. The van der Waals surface area contributed by atoms with Crippen molar-refractivity contribution in [1.82, 2.24) is 5.32 Å². The SMILES string of the molecule is COC(=O)[C@H](COCc1ccccc1)NC(=O)C(CBr)(OC)OC.COC(CBr)(OC)C(=O)O. The molecule has 1 atom stereocenters. The molecule has 34 heavy (non-hydrogen) atoms. The monoisotopic (exact) mass is 615 g/mol. The van der Waals surface area contributed by atoms with E-state index in [-0.39, 0.29) is 17.3 Å². The minimum Gasteiger partial charge on any atom is -0.477 e. The molecule has 0 bridgehead atoms. The molecule has 2 N–H and O–H groups in total. The molecule has 1 aromatic rings. The molecule has 1 amide bonds. The summed E-state index contributed by atoms with van der Waals surface area (Å²) in [7, 11) is 6.47. The molecule has 0 aromatic heterocycles. The standard InChI is InChI=1S/C16H22BrNO6.C5H9BrO4/c1-21-14(19)13(10-24-9-12-7-5-4-6-8-12)18-15(20)16(11-17,22-2)23-3;1-9-5(3-6,10-2)4(7)8/h4-8,13H,9-11H2,1-3H3,(H,18,20);3H2,1-2H3,(H,7,8)/t13-;/m0./s1. The van der Waals surface area contributed by atoms with Crippen LogP contribution in [0, 0.1) is 0 Å². The lowest BCUT2D eigenvalue weighted by molar-refractivity contribution is -0.214. The van der Waals surface area contributed by atoms with Gasteiger partial charge in [-0.1, -0.05) is 62.2 Å². The Morgan fingerprint density at radius 3 is 1.76 bits per heavy atom. The largest absolute Gasteiger partial charge is 0.477 e. The molecule has 13 heteroatoms. The molecule has 0 aliphatic heterocycles. The first-order chi connectivity index (χ1) is 16.1. The van der Waals surface area contributed by atoms with Crippen molar-refractivity contribution >= 4 is 49.7 Å². The second kappa shape index (κ2) is 16.9. The van der Waals surface area contributed by atoms with Crippen molar-refractivity contribution in [2.24, 2.45) is 0 Å². The number of carboxylic acid groups (broad SMARTS) is 1. The summed E-state index contributed by atoms with van der Waals surface area (Å²) in [6.45, 7) is 0.265. The molecule has 0 fully saturated rings. The molecule has 0 aliphatic rings. The van der Waals surface area contributed by atoms with Gasteiger partial charge in [0.15, 0.2) is 6.04 Å². The summed E-state index contributed by atoms with van der Waals surface area (Å²) >= 11 is 6.13. The molecule has 0 radical (unpaired) electrons. The molecule has 11 nitrogen and oxygen atoms in total. The molecule has 0 aliphatic carbocycles. The maximum absolute atomic E-state index is 12.4. The zero-order valence-corrected chi connectivity index (χ0v) is 22.8. The van der Waals surface area contributed by atoms with Gasteiger partial charge in [0.1, 0.15) is 0 Å². The van der Waals surface area contributed by atoms with Gasteiger partial charge in [-0.05, 0) is 5.56 Å². The number of carbonyl (C=O) groups is 3. The number of ether oxygens (including phenoxy) is 6. The van der Waals surface area contributed by atoms with E-state index in [1.165, 1.54) is 35.5 Å². The van der Waals surface area contributed by atoms with Gasteiger partial charge in [0.25, 0.3) is 17.5 Å². The zero-order valence-electron chi connectivity index (χ0n) is 19.7. The third-order valence-corrected chi connectivity index (χ3v) is 6.01. The predicted molar refractivity (Wildman–Crippen MR) is 129 cm³/mol. The van der Waals surface area contributed by atoms with Crippen molar-refractivity contribution in [3.8, 4) is 0 Å². The van der Waals surface area contributed by atoms with Crippen LogP contribution in [-0.4, -0.2) is 93.4 Å². The van der Waals surface area contributed by atoms with Gasteiger partial charge in [0, 0.05) is 28.4 Å². The topological polar surface area (TPSA) is 139 Å². The molecular weight excluding hydrogens is 586 g/mol. The summed E-state index contributed by atoms with van der Waals surface area (Å²) in [5.74, 6) is -5.45. The van der Waals surface area contributed by atoms with E-state index >= 15 is 0 Å². The quantitative estimate of drug-likeness (QED) is 0.180. The number of benzene rings is 1. The van der Waals surface area contributed by atoms with Crippen LogP contribution in [0.4, 0.5) is 0 Å². The van der Waals surface area contributed by atoms with Crippen LogP contribution in [0.1, 0.15) is 5.56 Å². The molecule has 0 unspecified atom stereocenters. The first kappa shape index (κ1) is 32.4. The van der Waals surface area contributed by atoms with Crippen molar-refractivity contribution in [1.29, 1.82) is 0 Å². The molecule has 0 spiro atoms. The number of carboxylic acids is 1. The number of rotatable bonds is 14. The Balaban J connectivity index is 0.000000916. The van der Waals surface area contributed by atoms with Crippen LogP contribution in [0.25, 0.3) is 0 Å². The van der Waals surface area contributed by atoms with Crippen molar-refractivity contribution < 1.29 is 47.9 Å². The molecular formula is C21H31Br2NO10. The number of amides is 1. The number of carbonyl (C=O) groups excluding carboxylic acids is 2. The highest BCUT2D eigenvalue weighted by atomic mass is 79.9. The van der Waals surface area contributed by atoms with Crippen LogP contribution in [0.3, 0.4) is 0 Å². The first-order valence-corrected chi connectivity index (χ1v) is 12.0. The van der Waals surface area contributed by atoms with Gasteiger partial charge in [-0.15, -0.1) is 0 Å². The Bertz CT molecular complexity index is 726. The number of aliphatic carboxylic acids is 1. The number of hydrogen-bond donors (Lipinski definition) is 2. The van der Waals surface area contributed by atoms with Gasteiger partial charge < -0.3 is 38.8 Å². The summed E-state index contributed by atoms with van der Waals surface area (Å²) < 4.78 is 29.7. The average molecular weight is 617 g/mol. The van der Waals surface area contributed by atoms with Crippen LogP contribution in [0.5, 0.6) is 0 Å². The van der Waals surface area contributed by atoms with E-state index in [4.69, 9.17) is 24.1 Å². The fourth-order valence-electron chi connectivity index (χ4n) is 2.31. The second-order valence-corrected chi connectivity index (χ2v) is 7.57. The molecule has 0 heterocycles. The summed E-state index contributed by atoms with van der Waals surface area (Å²) in [6, 6.07) is 8.50. The third kappa shape index (κ3) is 9.56. The summed E-state index contributed by atoms with van der Waals surface area (Å²) in [6.07, 6.45) is 0. The number of nitrogens with one attached hydrogen (secondary N) is 1. The van der Waals surface area contributed by atoms with Crippen LogP contribution in [0.2, 0.25) is 0 Å². The zero-order chi connectivity index (χ0) is 26.2. The van der Waals surface area contributed by atoms with E-state index in [1.807, 2.05) is 30.3 Å². The molecule has 0 saturated carbocycles. The number of halogens is 2. The van der Waals surface area contributed by atoms with Crippen LogP contribution in [0.15, 0.2) is 30.3 Å². The highest BCUT2D eigenvalue weighted by Gasteiger charge is 2.40. The Labute approximate surface area is 215 Å². The van der Waals surface area contributed by atoms with Gasteiger partial charge in [-0.25, -0.2) is 9.59 Å².